The van der Waals surface area contributed by atoms with E-state index in [4.69, 9.17) is 0 Å². The van der Waals surface area contributed by atoms with E-state index in [0.717, 1.165) is 12.0 Å². The molecule has 1 saturated carbocycles. The molecule has 0 aromatic carbocycles. The van der Waals surface area contributed by atoms with Crippen molar-refractivity contribution in [2.45, 2.75) is 39.2 Å². The predicted molar refractivity (Wildman–Crippen MR) is 60.4 cm³/mol. The minimum Gasteiger partial charge on any atom is -0.319 e. The first-order chi connectivity index (χ1) is 6.61. The molecule has 2 fully saturated rings. The van der Waals surface area contributed by atoms with Crippen molar-refractivity contribution in [2.75, 3.05) is 26.7 Å². The molecule has 0 spiro atoms. The highest BCUT2D eigenvalue weighted by Gasteiger charge is 2.40. The highest BCUT2D eigenvalue weighted by Crippen LogP contribution is 2.37. The number of nitrogens with one attached hydrogen (secondary N) is 1. The van der Waals surface area contributed by atoms with Gasteiger partial charge in [-0.15, -0.1) is 0 Å². The number of nitrogens with zero attached hydrogens (tertiary/aromatic N) is 1. The number of likely N-dealkylation sites (tertiary alicyclic amines) is 1. The molecule has 1 saturated heterocycles. The Morgan fingerprint density at radius 2 is 2.00 bits per heavy atom. The smallest absolute Gasteiger partial charge is 0.00989 e. The Kier molecular flexibility index (Phi) is 2.85. The molecule has 1 aliphatic heterocycles. The lowest BCUT2D eigenvalue weighted by Crippen LogP contribution is -2.56. The number of hydrogen-bond donors (Lipinski definition) is 1. The lowest BCUT2D eigenvalue weighted by Gasteiger charge is -2.49. The maximum Gasteiger partial charge on any atom is 0.00989 e. The largest absolute Gasteiger partial charge is 0.319 e. The molecule has 14 heavy (non-hydrogen) atoms. The highest BCUT2D eigenvalue weighted by atomic mass is 15.2. The first-order valence-electron chi connectivity index (χ1n) is 5.99. The normalized spacial score (nSPS) is 37.1. The first-order valence-corrected chi connectivity index (χ1v) is 5.99. The molecule has 82 valence electrons. The van der Waals surface area contributed by atoms with E-state index >= 15 is 0 Å². The van der Waals surface area contributed by atoms with Gasteiger partial charge in [0.25, 0.3) is 0 Å². The molecular formula is C12H24N2. The molecule has 2 rings (SSSR count). The lowest BCUT2D eigenvalue weighted by atomic mass is 9.83. The van der Waals surface area contributed by atoms with Crippen molar-refractivity contribution in [2.24, 2.45) is 11.3 Å². The van der Waals surface area contributed by atoms with Crippen LogP contribution in [0.25, 0.3) is 0 Å². The molecule has 0 aromatic heterocycles. The fraction of sp³-hybridized carbons (Fsp3) is 1.00. The topological polar surface area (TPSA) is 15.3 Å². The maximum absolute atomic E-state index is 3.30. The van der Waals surface area contributed by atoms with Crippen LogP contribution in [0.1, 0.15) is 33.1 Å². The van der Waals surface area contributed by atoms with E-state index in [2.05, 4.69) is 31.1 Å². The Bertz CT molecular complexity index is 192. The molecule has 0 bridgehead atoms. The Hall–Kier alpha value is -0.0800. The van der Waals surface area contributed by atoms with E-state index in [1.165, 1.54) is 38.9 Å². The average molecular weight is 196 g/mol. The second kappa shape index (κ2) is 3.82. The zero-order chi connectivity index (χ0) is 10.2. The fourth-order valence-electron chi connectivity index (χ4n) is 3.17. The van der Waals surface area contributed by atoms with Gasteiger partial charge in [0, 0.05) is 19.1 Å². The number of hydrogen-bond acceptors (Lipinski definition) is 2. The SMILES string of the molecule is CNCC1CCC(N2CC(C)(C)C2)C1. The van der Waals surface area contributed by atoms with Gasteiger partial charge in [-0.2, -0.15) is 0 Å². The molecule has 1 heterocycles. The van der Waals surface area contributed by atoms with Crippen LogP contribution in [0.15, 0.2) is 0 Å². The van der Waals surface area contributed by atoms with Crippen molar-refractivity contribution in [1.82, 2.24) is 10.2 Å². The van der Waals surface area contributed by atoms with Crippen LogP contribution >= 0.6 is 0 Å². The third-order valence-corrected chi connectivity index (χ3v) is 3.78. The Labute approximate surface area is 88.1 Å². The second-order valence-corrected chi connectivity index (χ2v) is 5.96. The summed E-state index contributed by atoms with van der Waals surface area (Å²) in [5.74, 6) is 0.939. The van der Waals surface area contributed by atoms with Crippen molar-refractivity contribution >= 4 is 0 Å². The molecule has 2 nitrogen and oxygen atoms in total. The standard InChI is InChI=1S/C12H24N2/c1-12(2)8-14(9-12)11-5-4-10(6-11)7-13-3/h10-11,13H,4-9H2,1-3H3. The first kappa shape index (κ1) is 10.4. The quantitative estimate of drug-likeness (QED) is 0.739. The van der Waals surface area contributed by atoms with Gasteiger partial charge in [-0.1, -0.05) is 13.8 Å². The molecule has 0 aromatic rings. The Balaban J connectivity index is 1.74. The van der Waals surface area contributed by atoms with Crippen LogP contribution in [0.4, 0.5) is 0 Å². The summed E-state index contributed by atoms with van der Waals surface area (Å²) >= 11 is 0. The molecule has 2 heteroatoms. The van der Waals surface area contributed by atoms with Gasteiger partial charge < -0.3 is 5.32 Å². The lowest BCUT2D eigenvalue weighted by molar-refractivity contribution is -0.00488. The van der Waals surface area contributed by atoms with Gasteiger partial charge in [0.05, 0.1) is 0 Å². The third-order valence-electron chi connectivity index (χ3n) is 3.78. The molecule has 1 aliphatic carbocycles. The van der Waals surface area contributed by atoms with Gasteiger partial charge >= 0.3 is 0 Å². The van der Waals surface area contributed by atoms with Gasteiger partial charge in [0.2, 0.25) is 0 Å². The van der Waals surface area contributed by atoms with Gasteiger partial charge in [-0.3, -0.25) is 4.90 Å². The highest BCUT2D eigenvalue weighted by molar-refractivity contribution is 4.94. The molecular weight excluding hydrogens is 172 g/mol. The molecule has 2 aliphatic rings. The summed E-state index contributed by atoms with van der Waals surface area (Å²) in [5.41, 5.74) is 0.598. The van der Waals surface area contributed by atoms with Crippen LogP contribution < -0.4 is 5.32 Å². The van der Waals surface area contributed by atoms with Crippen LogP contribution in [0.3, 0.4) is 0 Å². The molecule has 2 atom stereocenters. The second-order valence-electron chi connectivity index (χ2n) is 5.96. The molecule has 0 radical (unpaired) electrons. The minimum atomic E-state index is 0.598. The summed E-state index contributed by atoms with van der Waals surface area (Å²) in [6.07, 6.45) is 4.29. The van der Waals surface area contributed by atoms with E-state index < -0.39 is 0 Å². The van der Waals surface area contributed by atoms with E-state index in [0.29, 0.717) is 5.41 Å². The molecule has 1 N–H and O–H groups in total. The molecule has 2 unspecified atom stereocenters. The van der Waals surface area contributed by atoms with Gasteiger partial charge in [-0.25, -0.2) is 0 Å². The van der Waals surface area contributed by atoms with E-state index in [1.54, 1.807) is 0 Å². The maximum atomic E-state index is 3.30. The van der Waals surface area contributed by atoms with Crippen molar-refractivity contribution in [3.8, 4) is 0 Å². The Morgan fingerprint density at radius 1 is 1.29 bits per heavy atom. The summed E-state index contributed by atoms with van der Waals surface area (Å²) in [6.45, 7) is 8.62. The van der Waals surface area contributed by atoms with Gasteiger partial charge in [-0.05, 0) is 44.2 Å². The summed E-state index contributed by atoms with van der Waals surface area (Å²) in [7, 11) is 2.07. The summed E-state index contributed by atoms with van der Waals surface area (Å²) in [5, 5.41) is 3.30. The fourth-order valence-corrected chi connectivity index (χ4v) is 3.17. The van der Waals surface area contributed by atoms with E-state index in [9.17, 15) is 0 Å². The zero-order valence-electron chi connectivity index (χ0n) is 9.84. The van der Waals surface area contributed by atoms with Crippen molar-refractivity contribution in [3.63, 3.8) is 0 Å². The van der Waals surface area contributed by atoms with Crippen LogP contribution in [-0.2, 0) is 0 Å². The zero-order valence-corrected chi connectivity index (χ0v) is 9.84. The van der Waals surface area contributed by atoms with Crippen LogP contribution in [0.5, 0.6) is 0 Å². The Morgan fingerprint density at radius 3 is 2.57 bits per heavy atom. The van der Waals surface area contributed by atoms with Crippen LogP contribution in [0.2, 0.25) is 0 Å². The summed E-state index contributed by atoms with van der Waals surface area (Å²) < 4.78 is 0. The van der Waals surface area contributed by atoms with Crippen LogP contribution in [0, 0.1) is 11.3 Å². The van der Waals surface area contributed by atoms with Crippen LogP contribution in [-0.4, -0.2) is 37.6 Å². The number of rotatable bonds is 3. The average Bonchev–Trinajstić information content (AvgIpc) is 2.49. The molecule has 0 amide bonds. The summed E-state index contributed by atoms with van der Waals surface area (Å²) in [6, 6.07) is 0.904. The monoisotopic (exact) mass is 196 g/mol. The summed E-state index contributed by atoms with van der Waals surface area (Å²) in [4.78, 5) is 2.69. The van der Waals surface area contributed by atoms with E-state index in [1.807, 2.05) is 0 Å². The minimum absolute atomic E-state index is 0.598. The third kappa shape index (κ3) is 2.12. The van der Waals surface area contributed by atoms with E-state index in [-0.39, 0.29) is 0 Å². The van der Waals surface area contributed by atoms with Crippen molar-refractivity contribution < 1.29 is 0 Å². The van der Waals surface area contributed by atoms with Crippen molar-refractivity contribution in [1.29, 1.82) is 0 Å². The van der Waals surface area contributed by atoms with Gasteiger partial charge in [0.1, 0.15) is 0 Å². The van der Waals surface area contributed by atoms with Crippen molar-refractivity contribution in [3.05, 3.63) is 0 Å². The van der Waals surface area contributed by atoms with Gasteiger partial charge in [0.15, 0.2) is 0 Å². The predicted octanol–water partition coefficient (Wildman–Crippen LogP) is 1.72.